The molecule has 0 aliphatic carbocycles. The van der Waals surface area contributed by atoms with Gasteiger partial charge in [0.2, 0.25) is 5.91 Å². The summed E-state index contributed by atoms with van der Waals surface area (Å²) in [5, 5.41) is 17.0. The third kappa shape index (κ3) is 6.44. The van der Waals surface area contributed by atoms with Crippen LogP contribution in [-0.2, 0) is 11.2 Å². The SMILES string of the molecule is CC(C)C(NC(=O)c1ccc(Cl)c([N+](=O)[O-])c1)C(=O)NCCc1cccc(Cl)c1. The molecule has 2 aromatic carbocycles. The first-order valence-electron chi connectivity index (χ1n) is 8.96. The van der Waals surface area contributed by atoms with E-state index in [0.717, 1.165) is 11.6 Å². The van der Waals surface area contributed by atoms with E-state index in [1.807, 2.05) is 18.2 Å². The van der Waals surface area contributed by atoms with Gasteiger partial charge in [0, 0.05) is 23.2 Å². The lowest BCUT2D eigenvalue weighted by molar-refractivity contribution is -0.384. The molecule has 2 aromatic rings. The molecule has 0 saturated carbocycles. The number of hydrogen-bond donors (Lipinski definition) is 2. The monoisotopic (exact) mass is 437 g/mol. The number of nitro groups is 1. The first kappa shape index (κ1) is 22.6. The maximum absolute atomic E-state index is 12.6. The largest absolute Gasteiger partial charge is 0.354 e. The third-order valence-corrected chi connectivity index (χ3v) is 4.80. The highest BCUT2D eigenvalue weighted by atomic mass is 35.5. The summed E-state index contributed by atoms with van der Waals surface area (Å²) in [7, 11) is 0. The van der Waals surface area contributed by atoms with E-state index in [1.54, 1.807) is 19.9 Å². The van der Waals surface area contributed by atoms with Gasteiger partial charge >= 0.3 is 0 Å². The Morgan fingerprint density at radius 3 is 2.48 bits per heavy atom. The zero-order valence-electron chi connectivity index (χ0n) is 15.9. The van der Waals surface area contributed by atoms with Crippen molar-refractivity contribution in [3.63, 3.8) is 0 Å². The molecule has 1 unspecified atom stereocenters. The molecule has 2 N–H and O–H groups in total. The summed E-state index contributed by atoms with van der Waals surface area (Å²) in [5.41, 5.74) is 0.668. The van der Waals surface area contributed by atoms with E-state index in [1.165, 1.54) is 12.1 Å². The molecule has 0 spiro atoms. The van der Waals surface area contributed by atoms with Crippen molar-refractivity contribution in [1.82, 2.24) is 10.6 Å². The second kappa shape index (κ2) is 10.2. The van der Waals surface area contributed by atoms with Crippen molar-refractivity contribution >= 4 is 40.7 Å². The second-order valence-electron chi connectivity index (χ2n) is 6.79. The molecule has 9 heteroatoms. The van der Waals surface area contributed by atoms with Gasteiger partial charge in [0.05, 0.1) is 4.92 Å². The molecular weight excluding hydrogens is 417 g/mol. The fourth-order valence-electron chi connectivity index (χ4n) is 2.69. The predicted octanol–water partition coefficient (Wildman–Crippen LogP) is 4.01. The standard InChI is InChI=1S/C20H21Cl2N3O4/c1-12(2)18(20(27)23-9-8-13-4-3-5-15(21)10-13)24-19(26)14-6-7-16(22)17(11-14)25(28)29/h3-7,10-12,18H,8-9H2,1-2H3,(H,23,27)(H,24,26). The van der Waals surface area contributed by atoms with E-state index in [2.05, 4.69) is 10.6 Å². The first-order chi connectivity index (χ1) is 13.7. The summed E-state index contributed by atoms with van der Waals surface area (Å²) in [5.74, 6) is -1.11. The number of carbonyl (C=O) groups is 2. The molecule has 154 valence electrons. The average Bonchev–Trinajstić information content (AvgIpc) is 2.65. The van der Waals surface area contributed by atoms with Crippen LogP contribution in [0.1, 0.15) is 29.8 Å². The highest BCUT2D eigenvalue weighted by Crippen LogP contribution is 2.25. The number of carbonyl (C=O) groups excluding carboxylic acids is 2. The van der Waals surface area contributed by atoms with Crippen LogP contribution in [0.25, 0.3) is 0 Å². The Morgan fingerprint density at radius 2 is 1.86 bits per heavy atom. The van der Waals surface area contributed by atoms with Gasteiger partial charge in [-0.3, -0.25) is 19.7 Å². The van der Waals surface area contributed by atoms with Crippen molar-refractivity contribution in [3.05, 3.63) is 73.8 Å². The van der Waals surface area contributed by atoms with Crippen molar-refractivity contribution in [1.29, 1.82) is 0 Å². The van der Waals surface area contributed by atoms with E-state index in [4.69, 9.17) is 23.2 Å². The van der Waals surface area contributed by atoms with Crippen LogP contribution in [0.2, 0.25) is 10.0 Å². The summed E-state index contributed by atoms with van der Waals surface area (Å²) in [6.45, 7) is 3.97. The first-order valence-corrected chi connectivity index (χ1v) is 9.71. The normalized spacial score (nSPS) is 11.8. The number of rotatable bonds is 8. The molecule has 2 amide bonds. The number of halogens is 2. The lowest BCUT2D eigenvalue weighted by Gasteiger charge is -2.22. The Kier molecular flexibility index (Phi) is 7.99. The number of amides is 2. The minimum Gasteiger partial charge on any atom is -0.354 e. The number of hydrogen-bond acceptors (Lipinski definition) is 4. The van der Waals surface area contributed by atoms with Gasteiger partial charge in [-0.15, -0.1) is 0 Å². The smallest absolute Gasteiger partial charge is 0.288 e. The minimum absolute atomic E-state index is 0.0541. The molecule has 0 aliphatic heterocycles. The van der Waals surface area contributed by atoms with Crippen LogP contribution in [0, 0.1) is 16.0 Å². The molecule has 0 aromatic heterocycles. The molecule has 2 rings (SSSR count). The number of benzene rings is 2. The Morgan fingerprint density at radius 1 is 1.14 bits per heavy atom. The Labute approximate surface area is 178 Å². The highest BCUT2D eigenvalue weighted by Gasteiger charge is 2.25. The summed E-state index contributed by atoms with van der Waals surface area (Å²) in [6.07, 6.45) is 0.592. The Bertz CT molecular complexity index is 918. The molecule has 0 bridgehead atoms. The van der Waals surface area contributed by atoms with Crippen molar-refractivity contribution in [2.75, 3.05) is 6.54 Å². The fourth-order valence-corrected chi connectivity index (χ4v) is 3.09. The van der Waals surface area contributed by atoms with Crippen molar-refractivity contribution < 1.29 is 14.5 Å². The van der Waals surface area contributed by atoms with E-state index < -0.39 is 16.9 Å². The molecule has 0 saturated heterocycles. The Hall–Kier alpha value is -2.64. The van der Waals surface area contributed by atoms with Gasteiger partial charge in [-0.05, 0) is 42.2 Å². The molecule has 0 radical (unpaired) electrons. The van der Waals surface area contributed by atoms with E-state index in [0.29, 0.717) is 18.0 Å². The van der Waals surface area contributed by atoms with Crippen LogP contribution < -0.4 is 10.6 Å². The van der Waals surface area contributed by atoms with Gasteiger partial charge in [-0.25, -0.2) is 0 Å². The lowest BCUT2D eigenvalue weighted by atomic mass is 10.0. The summed E-state index contributed by atoms with van der Waals surface area (Å²) >= 11 is 11.7. The summed E-state index contributed by atoms with van der Waals surface area (Å²) < 4.78 is 0. The zero-order valence-corrected chi connectivity index (χ0v) is 17.5. The molecule has 7 nitrogen and oxygen atoms in total. The fraction of sp³-hybridized carbons (Fsp3) is 0.300. The zero-order chi connectivity index (χ0) is 21.6. The molecule has 0 heterocycles. The average molecular weight is 438 g/mol. The quantitative estimate of drug-likeness (QED) is 0.480. The molecule has 1 atom stereocenters. The summed E-state index contributed by atoms with van der Waals surface area (Å²) in [6, 6.07) is 10.3. The minimum atomic E-state index is -0.795. The van der Waals surface area contributed by atoms with Crippen LogP contribution in [0.4, 0.5) is 5.69 Å². The van der Waals surface area contributed by atoms with Gasteiger partial charge in [-0.1, -0.05) is 49.2 Å². The van der Waals surface area contributed by atoms with E-state index in [9.17, 15) is 19.7 Å². The van der Waals surface area contributed by atoms with Gasteiger partial charge in [0.25, 0.3) is 11.6 Å². The van der Waals surface area contributed by atoms with Gasteiger partial charge in [0.15, 0.2) is 0 Å². The topological polar surface area (TPSA) is 101 Å². The second-order valence-corrected chi connectivity index (χ2v) is 7.63. The van der Waals surface area contributed by atoms with Crippen LogP contribution in [-0.4, -0.2) is 29.3 Å². The predicted molar refractivity (Wildman–Crippen MR) is 112 cm³/mol. The molecule has 0 aliphatic rings. The number of nitrogens with one attached hydrogen (secondary N) is 2. The van der Waals surface area contributed by atoms with Crippen molar-refractivity contribution in [2.45, 2.75) is 26.3 Å². The third-order valence-electron chi connectivity index (χ3n) is 4.24. The number of nitro benzene ring substituents is 1. The molecule has 0 fully saturated rings. The maximum atomic E-state index is 12.6. The summed E-state index contributed by atoms with van der Waals surface area (Å²) in [4.78, 5) is 35.4. The van der Waals surface area contributed by atoms with Crippen LogP contribution >= 0.6 is 23.2 Å². The van der Waals surface area contributed by atoms with Crippen molar-refractivity contribution in [3.8, 4) is 0 Å². The van der Waals surface area contributed by atoms with Gasteiger partial charge in [-0.2, -0.15) is 0 Å². The van der Waals surface area contributed by atoms with Gasteiger partial charge in [0.1, 0.15) is 11.1 Å². The molecular formula is C20H21Cl2N3O4. The van der Waals surface area contributed by atoms with E-state index >= 15 is 0 Å². The van der Waals surface area contributed by atoms with Crippen LogP contribution in [0.15, 0.2) is 42.5 Å². The highest BCUT2D eigenvalue weighted by molar-refractivity contribution is 6.32. The molecule has 29 heavy (non-hydrogen) atoms. The van der Waals surface area contributed by atoms with Gasteiger partial charge < -0.3 is 10.6 Å². The maximum Gasteiger partial charge on any atom is 0.288 e. The van der Waals surface area contributed by atoms with Crippen molar-refractivity contribution in [2.24, 2.45) is 5.92 Å². The Balaban J connectivity index is 2.01. The number of nitrogens with zero attached hydrogens (tertiary/aromatic N) is 1. The van der Waals surface area contributed by atoms with Crippen LogP contribution in [0.5, 0.6) is 0 Å². The van der Waals surface area contributed by atoms with E-state index in [-0.39, 0.29) is 28.1 Å². The lowest BCUT2D eigenvalue weighted by Crippen LogP contribution is -2.50. The van der Waals surface area contributed by atoms with Crippen LogP contribution in [0.3, 0.4) is 0 Å².